The summed E-state index contributed by atoms with van der Waals surface area (Å²) in [5.41, 5.74) is 2.02. The zero-order valence-electron chi connectivity index (χ0n) is 9.38. The lowest BCUT2D eigenvalue weighted by molar-refractivity contribution is 0.0656. The Morgan fingerprint density at radius 2 is 2.31 bits per heavy atom. The van der Waals surface area contributed by atoms with Crippen LogP contribution in [0.5, 0.6) is 0 Å². The molecule has 0 aromatic carbocycles. The Labute approximate surface area is 99.1 Å². The summed E-state index contributed by atoms with van der Waals surface area (Å²) in [6.45, 7) is 4.63. The predicted octanol–water partition coefficient (Wildman–Crippen LogP) is 3.13. The zero-order chi connectivity index (χ0) is 11.4. The molecule has 2 aromatic heterocycles. The van der Waals surface area contributed by atoms with Crippen LogP contribution in [0.2, 0.25) is 0 Å². The topological polar surface area (TPSA) is 35.0 Å². The fourth-order valence-electron chi connectivity index (χ4n) is 1.26. The maximum atomic E-state index is 5.51. The van der Waals surface area contributed by atoms with Gasteiger partial charge in [0, 0.05) is 23.3 Å². The van der Waals surface area contributed by atoms with Gasteiger partial charge < -0.3 is 4.74 Å². The molecule has 2 rings (SSSR count). The molecule has 0 radical (unpaired) electrons. The minimum atomic E-state index is 0.241. The number of thiazole rings is 1. The van der Waals surface area contributed by atoms with Crippen molar-refractivity contribution < 1.29 is 4.74 Å². The van der Waals surface area contributed by atoms with E-state index in [1.165, 1.54) is 0 Å². The van der Waals surface area contributed by atoms with Gasteiger partial charge in [0.05, 0.1) is 18.4 Å². The first-order valence-electron chi connectivity index (χ1n) is 5.22. The third kappa shape index (κ3) is 2.87. The van der Waals surface area contributed by atoms with Crippen LogP contribution >= 0.6 is 11.3 Å². The molecule has 0 atom stereocenters. The quantitative estimate of drug-likeness (QED) is 0.815. The van der Waals surface area contributed by atoms with Crippen molar-refractivity contribution in [2.24, 2.45) is 0 Å². The van der Waals surface area contributed by atoms with Crippen molar-refractivity contribution in [2.45, 2.75) is 26.6 Å². The van der Waals surface area contributed by atoms with Crippen LogP contribution < -0.4 is 0 Å². The monoisotopic (exact) mass is 234 g/mol. The van der Waals surface area contributed by atoms with E-state index < -0.39 is 0 Å². The third-order valence-corrected chi connectivity index (χ3v) is 2.87. The summed E-state index contributed by atoms with van der Waals surface area (Å²) in [5.74, 6) is 0. The molecule has 4 heteroatoms. The van der Waals surface area contributed by atoms with Gasteiger partial charge in [-0.15, -0.1) is 11.3 Å². The van der Waals surface area contributed by atoms with E-state index in [1.807, 2.05) is 37.6 Å². The van der Waals surface area contributed by atoms with Crippen molar-refractivity contribution in [3.63, 3.8) is 0 Å². The summed E-state index contributed by atoms with van der Waals surface area (Å²) in [6.07, 6.45) is 3.83. The normalized spacial score (nSPS) is 10.9. The second-order valence-corrected chi connectivity index (χ2v) is 4.67. The van der Waals surface area contributed by atoms with Crippen LogP contribution in [-0.4, -0.2) is 16.1 Å². The first kappa shape index (κ1) is 11.2. The van der Waals surface area contributed by atoms with Crippen LogP contribution in [0.1, 0.15) is 18.9 Å². The van der Waals surface area contributed by atoms with E-state index >= 15 is 0 Å². The van der Waals surface area contributed by atoms with Gasteiger partial charge in [0.25, 0.3) is 0 Å². The van der Waals surface area contributed by atoms with Crippen molar-refractivity contribution >= 4 is 11.3 Å². The van der Waals surface area contributed by atoms with Crippen molar-refractivity contribution in [2.75, 3.05) is 0 Å². The first-order chi connectivity index (χ1) is 7.75. The van der Waals surface area contributed by atoms with Crippen LogP contribution in [0, 0.1) is 0 Å². The number of hydrogen-bond acceptors (Lipinski definition) is 4. The van der Waals surface area contributed by atoms with Gasteiger partial charge >= 0.3 is 0 Å². The molecule has 0 aliphatic carbocycles. The van der Waals surface area contributed by atoms with E-state index in [2.05, 4.69) is 9.97 Å². The molecule has 0 fully saturated rings. The van der Waals surface area contributed by atoms with Gasteiger partial charge in [0.15, 0.2) is 0 Å². The first-order valence-corrected chi connectivity index (χ1v) is 6.10. The average molecular weight is 234 g/mol. The van der Waals surface area contributed by atoms with Gasteiger partial charge in [-0.05, 0) is 26.0 Å². The van der Waals surface area contributed by atoms with Gasteiger partial charge in [0.2, 0.25) is 0 Å². The second kappa shape index (κ2) is 5.18. The Morgan fingerprint density at radius 1 is 1.44 bits per heavy atom. The van der Waals surface area contributed by atoms with Crippen molar-refractivity contribution in [1.82, 2.24) is 9.97 Å². The molecule has 0 aliphatic heterocycles. The van der Waals surface area contributed by atoms with Crippen molar-refractivity contribution in [3.8, 4) is 11.3 Å². The molecular weight excluding hydrogens is 220 g/mol. The van der Waals surface area contributed by atoms with E-state index in [4.69, 9.17) is 4.74 Å². The number of pyridine rings is 1. The fraction of sp³-hybridized carbons (Fsp3) is 0.333. The summed E-state index contributed by atoms with van der Waals surface area (Å²) in [6, 6.07) is 3.92. The lowest BCUT2D eigenvalue weighted by Gasteiger charge is -2.03. The van der Waals surface area contributed by atoms with Crippen LogP contribution in [0.25, 0.3) is 11.3 Å². The molecule has 3 nitrogen and oxygen atoms in total. The summed E-state index contributed by atoms with van der Waals surface area (Å²) >= 11 is 1.62. The van der Waals surface area contributed by atoms with Gasteiger partial charge in [-0.1, -0.05) is 0 Å². The van der Waals surface area contributed by atoms with E-state index in [0.717, 1.165) is 16.3 Å². The molecule has 0 N–H and O–H groups in total. The van der Waals surface area contributed by atoms with Crippen molar-refractivity contribution in [3.05, 3.63) is 34.9 Å². The number of rotatable bonds is 4. The SMILES string of the molecule is CC(C)OCc1nc(-c2cccnc2)cs1. The predicted molar refractivity (Wildman–Crippen MR) is 65.3 cm³/mol. The van der Waals surface area contributed by atoms with Gasteiger partial charge in [-0.3, -0.25) is 4.98 Å². The summed E-state index contributed by atoms with van der Waals surface area (Å²) in [5, 5.41) is 3.04. The molecule has 16 heavy (non-hydrogen) atoms. The summed E-state index contributed by atoms with van der Waals surface area (Å²) < 4.78 is 5.51. The molecule has 0 saturated heterocycles. The second-order valence-electron chi connectivity index (χ2n) is 3.73. The van der Waals surface area contributed by atoms with Crippen LogP contribution in [0.3, 0.4) is 0 Å². The highest BCUT2D eigenvalue weighted by Gasteiger charge is 2.05. The van der Waals surface area contributed by atoms with Crippen LogP contribution in [0.15, 0.2) is 29.9 Å². The number of hydrogen-bond donors (Lipinski definition) is 0. The molecule has 2 heterocycles. The molecule has 2 aromatic rings. The highest BCUT2D eigenvalue weighted by Crippen LogP contribution is 2.21. The molecule has 0 aliphatic rings. The molecular formula is C12H14N2OS. The van der Waals surface area contributed by atoms with Crippen LogP contribution in [-0.2, 0) is 11.3 Å². The maximum Gasteiger partial charge on any atom is 0.119 e. The lowest BCUT2D eigenvalue weighted by Crippen LogP contribution is -2.01. The molecule has 0 unspecified atom stereocenters. The Kier molecular flexibility index (Phi) is 3.64. The fourth-order valence-corrected chi connectivity index (χ4v) is 1.99. The smallest absolute Gasteiger partial charge is 0.119 e. The lowest BCUT2D eigenvalue weighted by atomic mass is 10.2. The highest BCUT2D eigenvalue weighted by molar-refractivity contribution is 7.09. The third-order valence-electron chi connectivity index (χ3n) is 2.05. The summed E-state index contributed by atoms with van der Waals surface area (Å²) in [4.78, 5) is 8.58. The summed E-state index contributed by atoms with van der Waals surface area (Å²) in [7, 11) is 0. The Bertz CT molecular complexity index is 439. The minimum Gasteiger partial charge on any atom is -0.372 e. The van der Waals surface area contributed by atoms with Gasteiger partial charge in [0.1, 0.15) is 5.01 Å². The Hall–Kier alpha value is -1.26. The minimum absolute atomic E-state index is 0.241. The van der Waals surface area contributed by atoms with E-state index in [0.29, 0.717) is 6.61 Å². The Balaban J connectivity index is 2.08. The number of ether oxygens (including phenoxy) is 1. The van der Waals surface area contributed by atoms with Crippen molar-refractivity contribution in [1.29, 1.82) is 0 Å². The number of aromatic nitrogens is 2. The van der Waals surface area contributed by atoms with E-state index in [-0.39, 0.29) is 6.10 Å². The molecule has 0 amide bonds. The van der Waals surface area contributed by atoms with Gasteiger partial charge in [-0.25, -0.2) is 4.98 Å². The molecule has 0 bridgehead atoms. The average Bonchev–Trinajstić information content (AvgIpc) is 2.76. The van der Waals surface area contributed by atoms with E-state index in [9.17, 15) is 0 Å². The Morgan fingerprint density at radius 3 is 3.00 bits per heavy atom. The largest absolute Gasteiger partial charge is 0.372 e. The standard InChI is InChI=1S/C12H14N2OS/c1-9(2)15-7-12-14-11(8-16-12)10-4-3-5-13-6-10/h3-6,8-9H,7H2,1-2H3. The zero-order valence-corrected chi connectivity index (χ0v) is 10.2. The highest BCUT2D eigenvalue weighted by atomic mass is 32.1. The van der Waals surface area contributed by atoms with Gasteiger partial charge in [-0.2, -0.15) is 0 Å². The molecule has 84 valence electrons. The maximum absolute atomic E-state index is 5.51. The van der Waals surface area contributed by atoms with E-state index in [1.54, 1.807) is 17.5 Å². The number of nitrogens with zero attached hydrogens (tertiary/aromatic N) is 2. The molecule has 0 saturated carbocycles. The van der Waals surface area contributed by atoms with Crippen LogP contribution in [0.4, 0.5) is 0 Å². The molecule has 0 spiro atoms.